The smallest absolute Gasteiger partial charge is 0.256 e. The van der Waals surface area contributed by atoms with Crippen LogP contribution in [0.15, 0.2) is 60.8 Å². The predicted molar refractivity (Wildman–Crippen MR) is 161 cm³/mol. The Labute approximate surface area is 247 Å². The molecule has 3 heterocycles. The molecule has 6 nitrogen and oxygen atoms in total. The van der Waals surface area contributed by atoms with Crippen molar-refractivity contribution in [3.05, 3.63) is 93.8 Å². The first kappa shape index (κ1) is 26.8. The van der Waals surface area contributed by atoms with Gasteiger partial charge in [0, 0.05) is 50.2 Å². The van der Waals surface area contributed by atoms with Crippen LogP contribution < -0.4 is 0 Å². The van der Waals surface area contributed by atoms with Gasteiger partial charge >= 0.3 is 0 Å². The standard InChI is InChI=1S/C34H39ClN4O2/c1-36-17-4-5-27(36)22-37-18-14-34(15-19-37)16-20-38(23-34)32(40)25-9-8-24-10-13-31(29(24)21-25)39(26-11-12-26)33(41)28-6-2-3-7-30(28)35/h2-9,17,21,26,31H,10-16,18-20,22-23H2,1H3. The van der Waals surface area contributed by atoms with Gasteiger partial charge in [-0.3, -0.25) is 14.5 Å². The molecule has 3 fully saturated rings. The average Bonchev–Trinajstić information content (AvgIpc) is 3.40. The minimum atomic E-state index is -0.00695. The molecule has 3 aromatic rings. The number of halogens is 1. The summed E-state index contributed by atoms with van der Waals surface area (Å²) >= 11 is 6.44. The number of likely N-dealkylation sites (tertiary alicyclic amines) is 2. The number of rotatable bonds is 6. The highest BCUT2D eigenvalue weighted by molar-refractivity contribution is 6.33. The molecule has 0 N–H and O–H groups in total. The number of nitrogens with zero attached hydrogens (tertiary/aromatic N) is 4. The molecule has 7 heteroatoms. The Balaban J connectivity index is 1.05. The van der Waals surface area contributed by atoms with Crippen LogP contribution in [0, 0.1) is 5.41 Å². The van der Waals surface area contributed by atoms with Gasteiger partial charge in [0.05, 0.1) is 16.6 Å². The van der Waals surface area contributed by atoms with Crippen molar-refractivity contribution in [2.45, 2.75) is 63.6 Å². The second-order valence-electron chi connectivity index (χ2n) is 12.8. The number of hydrogen-bond acceptors (Lipinski definition) is 3. The fourth-order valence-electron chi connectivity index (χ4n) is 7.47. The summed E-state index contributed by atoms with van der Waals surface area (Å²) in [6.07, 6.45) is 9.38. The molecule has 214 valence electrons. The lowest BCUT2D eigenvalue weighted by molar-refractivity contribution is 0.0658. The number of hydrogen-bond donors (Lipinski definition) is 0. The maximum atomic E-state index is 13.8. The summed E-state index contributed by atoms with van der Waals surface area (Å²) in [6, 6.07) is 18.1. The van der Waals surface area contributed by atoms with Crippen LogP contribution in [0.5, 0.6) is 0 Å². The number of benzene rings is 2. The zero-order chi connectivity index (χ0) is 28.1. The maximum Gasteiger partial charge on any atom is 0.256 e. The van der Waals surface area contributed by atoms with Crippen molar-refractivity contribution in [2.24, 2.45) is 12.5 Å². The van der Waals surface area contributed by atoms with Crippen LogP contribution in [0.4, 0.5) is 0 Å². The fraction of sp³-hybridized carbons (Fsp3) is 0.471. The molecule has 2 aliphatic carbocycles. The Hall–Kier alpha value is -3.09. The van der Waals surface area contributed by atoms with Crippen molar-refractivity contribution < 1.29 is 9.59 Å². The second-order valence-corrected chi connectivity index (χ2v) is 13.2. The molecule has 2 saturated heterocycles. The van der Waals surface area contributed by atoms with Gasteiger partial charge in [0.15, 0.2) is 0 Å². The molecule has 4 aliphatic rings. The molecule has 2 aromatic carbocycles. The highest BCUT2D eigenvalue weighted by Gasteiger charge is 2.44. The largest absolute Gasteiger partial charge is 0.353 e. The van der Waals surface area contributed by atoms with Gasteiger partial charge in [-0.1, -0.05) is 29.8 Å². The number of aryl methyl sites for hydroxylation is 2. The number of aromatic nitrogens is 1. The summed E-state index contributed by atoms with van der Waals surface area (Å²) in [5, 5.41) is 0.499. The third-order valence-corrected chi connectivity index (χ3v) is 10.5. The van der Waals surface area contributed by atoms with Crippen molar-refractivity contribution in [1.82, 2.24) is 19.3 Å². The molecule has 2 amide bonds. The van der Waals surface area contributed by atoms with E-state index in [-0.39, 0.29) is 29.3 Å². The van der Waals surface area contributed by atoms with Crippen molar-refractivity contribution in [3.8, 4) is 0 Å². The Kier molecular flexibility index (Phi) is 6.95. The van der Waals surface area contributed by atoms with Gasteiger partial charge in [-0.15, -0.1) is 0 Å². The van der Waals surface area contributed by atoms with E-state index in [2.05, 4.69) is 56.8 Å². The Morgan fingerprint density at radius 1 is 0.976 bits per heavy atom. The molecule has 0 radical (unpaired) electrons. The highest BCUT2D eigenvalue weighted by atomic mass is 35.5. The second kappa shape index (κ2) is 10.6. The minimum Gasteiger partial charge on any atom is -0.353 e. The van der Waals surface area contributed by atoms with E-state index in [9.17, 15) is 9.59 Å². The summed E-state index contributed by atoms with van der Waals surface area (Å²) in [5.41, 5.74) is 5.32. The monoisotopic (exact) mass is 570 g/mol. The van der Waals surface area contributed by atoms with Crippen LogP contribution in [-0.4, -0.2) is 63.3 Å². The van der Waals surface area contributed by atoms with Gasteiger partial charge in [-0.25, -0.2) is 0 Å². The number of fused-ring (bicyclic) bond motifs is 1. The van der Waals surface area contributed by atoms with E-state index < -0.39 is 0 Å². The number of carbonyl (C=O) groups excluding carboxylic acids is 2. The third kappa shape index (κ3) is 5.10. The SMILES string of the molecule is Cn1cccc1CN1CCC2(CC1)CCN(C(=O)c1ccc3c(c1)C(N(C(=O)c1ccccc1Cl)C1CC1)CC3)C2. The quantitative estimate of drug-likeness (QED) is 0.360. The van der Waals surface area contributed by atoms with Gasteiger partial charge in [-0.05, 0) is 111 Å². The Morgan fingerprint density at radius 3 is 2.49 bits per heavy atom. The van der Waals surface area contributed by atoms with E-state index in [1.807, 2.05) is 24.3 Å². The molecule has 1 atom stereocenters. The third-order valence-electron chi connectivity index (χ3n) is 10.1. The first-order valence-corrected chi connectivity index (χ1v) is 15.6. The molecule has 41 heavy (non-hydrogen) atoms. The summed E-state index contributed by atoms with van der Waals surface area (Å²) in [4.78, 5) is 34.3. The number of piperidine rings is 1. The molecule has 1 saturated carbocycles. The van der Waals surface area contributed by atoms with Crippen molar-refractivity contribution in [3.63, 3.8) is 0 Å². The van der Waals surface area contributed by atoms with Gasteiger partial charge < -0.3 is 14.4 Å². The lowest BCUT2D eigenvalue weighted by Gasteiger charge is -2.39. The normalized spacial score (nSPS) is 21.8. The zero-order valence-corrected chi connectivity index (χ0v) is 24.7. The summed E-state index contributed by atoms with van der Waals surface area (Å²) in [7, 11) is 2.11. The summed E-state index contributed by atoms with van der Waals surface area (Å²) in [6.45, 7) is 4.85. The van der Waals surface area contributed by atoms with Crippen LogP contribution in [-0.2, 0) is 20.0 Å². The first-order chi connectivity index (χ1) is 19.9. The number of amides is 2. The lowest BCUT2D eigenvalue weighted by Crippen LogP contribution is -2.42. The maximum absolute atomic E-state index is 13.8. The van der Waals surface area contributed by atoms with E-state index >= 15 is 0 Å². The predicted octanol–water partition coefficient (Wildman–Crippen LogP) is 6.10. The molecule has 0 bridgehead atoms. The van der Waals surface area contributed by atoms with E-state index in [0.29, 0.717) is 10.6 Å². The van der Waals surface area contributed by atoms with E-state index in [1.54, 1.807) is 6.07 Å². The van der Waals surface area contributed by atoms with Crippen molar-refractivity contribution in [1.29, 1.82) is 0 Å². The molecule has 2 aliphatic heterocycles. The fourth-order valence-corrected chi connectivity index (χ4v) is 7.68. The minimum absolute atomic E-state index is 0.00695. The summed E-state index contributed by atoms with van der Waals surface area (Å²) < 4.78 is 2.21. The molecular formula is C34H39ClN4O2. The van der Waals surface area contributed by atoms with Crippen LogP contribution in [0.1, 0.15) is 82.1 Å². The van der Waals surface area contributed by atoms with Gasteiger partial charge in [0.2, 0.25) is 0 Å². The van der Waals surface area contributed by atoms with Crippen LogP contribution in [0.25, 0.3) is 0 Å². The van der Waals surface area contributed by atoms with E-state index in [4.69, 9.17) is 11.6 Å². The number of carbonyl (C=O) groups is 2. The molecule has 1 unspecified atom stereocenters. The summed E-state index contributed by atoms with van der Waals surface area (Å²) in [5.74, 6) is 0.143. The van der Waals surface area contributed by atoms with Crippen LogP contribution in [0.2, 0.25) is 5.02 Å². The Morgan fingerprint density at radius 2 is 1.76 bits per heavy atom. The molecular weight excluding hydrogens is 532 g/mol. The molecule has 7 rings (SSSR count). The van der Waals surface area contributed by atoms with Crippen molar-refractivity contribution >= 4 is 23.4 Å². The Bertz CT molecular complexity index is 1470. The van der Waals surface area contributed by atoms with Crippen LogP contribution >= 0.6 is 11.6 Å². The van der Waals surface area contributed by atoms with Gasteiger partial charge in [0.25, 0.3) is 11.8 Å². The van der Waals surface area contributed by atoms with Crippen molar-refractivity contribution in [2.75, 3.05) is 26.2 Å². The first-order valence-electron chi connectivity index (χ1n) is 15.2. The van der Waals surface area contributed by atoms with E-state index in [1.165, 1.54) is 11.3 Å². The van der Waals surface area contributed by atoms with Gasteiger partial charge in [-0.2, -0.15) is 0 Å². The van der Waals surface area contributed by atoms with Gasteiger partial charge in [0.1, 0.15) is 0 Å². The average molecular weight is 571 g/mol. The molecule has 1 spiro atoms. The lowest BCUT2D eigenvalue weighted by atomic mass is 9.78. The molecule has 1 aromatic heterocycles. The topological polar surface area (TPSA) is 48.8 Å². The zero-order valence-electron chi connectivity index (χ0n) is 23.9. The van der Waals surface area contributed by atoms with E-state index in [0.717, 1.165) is 88.8 Å². The highest BCUT2D eigenvalue weighted by Crippen LogP contribution is 2.44. The van der Waals surface area contributed by atoms with Crippen LogP contribution in [0.3, 0.4) is 0 Å².